The number of ketones is 2. The van der Waals surface area contributed by atoms with Gasteiger partial charge in [-0.2, -0.15) is 0 Å². The van der Waals surface area contributed by atoms with Crippen LogP contribution in [0.15, 0.2) is 0 Å². The van der Waals surface area contributed by atoms with Crippen molar-refractivity contribution < 1.29 is 47.8 Å². The Morgan fingerprint density at radius 3 is 1.74 bits per heavy atom. The van der Waals surface area contributed by atoms with Crippen molar-refractivity contribution in [1.82, 2.24) is 20.4 Å². The largest absolute Gasteiger partial charge is 0.468 e. The van der Waals surface area contributed by atoms with Gasteiger partial charge in [-0.3, -0.25) is 38.4 Å². The standard InChI is InChI=1S/C22H36N6O10/c1-37-21(35)13-27(19(33)6-5-15(29)8-23)11-16(30)4-3-7-25-18(32)12-28(14-22(36)38-2)20(34)10-26-17(31)9-24/h3-14,23-24H2,1-2H3,(H,25,32)(H,26,31). The highest BCUT2D eigenvalue weighted by molar-refractivity contribution is 5.92. The number of nitrogens with zero attached hydrogens (tertiary/aromatic N) is 2. The number of rotatable bonds is 19. The Labute approximate surface area is 219 Å². The molecule has 0 radical (unpaired) electrons. The topological polar surface area (TPSA) is 238 Å². The van der Waals surface area contributed by atoms with Crippen LogP contribution in [0.2, 0.25) is 0 Å². The molecule has 0 saturated carbocycles. The Morgan fingerprint density at radius 2 is 1.21 bits per heavy atom. The first-order valence-corrected chi connectivity index (χ1v) is 11.6. The highest BCUT2D eigenvalue weighted by Gasteiger charge is 2.22. The Morgan fingerprint density at radius 1 is 0.632 bits per heavy atom. The fourth-order valence-electron chi connectivity index (χ4n) is 2.80. The number of amides is 4. The maximum absolute atomic E-state index is 12.3. The first-order valence-electron chi connectivity index (χ1n) is 11.6. The van der Waals surface area contributed by atoms with E-state index in [2.05, 4.69) is 20.1 Å². The van der Waals surface area contributed by atoms with Gasteiger partial charge in [0.15, 0.2) is 5.78 Å². The van der Waals surface area contributed by atoms with E-state index in [1.807, 2.05) is 0 Å². The number of hydrogen-bond acceptors (Lipinski definition) is 12. The number of hydrogen-bond donors (Lipinski definition) is 4. The molecule has 0 aliphatic rings. The van der Waals surface area contributed by atoms with Gasteiger partial charge in [-0.1, -0.05) is 0 Å². The third kappa shape index (κ3) is 15.2. The van der Waals surface area contributed by atoms with Crippen LogP contribution in [0.1, 0.15) is 25.7 Å². The monoisotopic (exact) mass is 544 g/mol. The molecule has 0 aliphatic carbocycles. The summed E-state index contributed by atoms with van der Waals surface area (Å²) in [6, 6.07) is 0. The van der Waals surface area contributed by atoms with Crippen molar-refractivity contribution in [2.24, 2.45) is 11.5 Å². The molecule has 0 bridgehead atoms. The molecule has 0 aromatic rings. The Balaban J connectivity index is 4.76. The number of carbonyl (C=O) groups is 8. The molecule has 0 heterocycles. The molecule has 0 fully saturated rings. The van der Waals surface area contributed by atoms with E-state index in [4.69, 9.17) is 11.5 Å². The smallest absolute Gasteiger partial charge is 0.325 e. The zero-order valence-corrected chi connectivity index (χ0v) is 21.6. The van der Waals surface area contributed by atoms with Gasteiger partial charge in [-0.15, -0.1) is 0 Å². The Kier molecular flexibility index (Phi) is 17.2. The van der Waals surface area contributed by atoms with E-state index < -0.39 is 74.1 Å². The van der Waals surface area contributed by atoms with E-state index in [-0.39, 0.29) is 51.1 Å². The zero-order chi connectivity index (χ0) is 29.1. The van der Waals surface area contributed by atoms with Crippen LogP contribution in [0.4, 0.5) is 0 Å². The van der Waals surface area contributed by atoms with Gasteiger partial charge in [0.1, 0.15) is 25.4 Å². The summed E-state index contributed by atoms with van der Waals surface area (Å²) >= 11 is 0. The number of nitrogens with one attached hydrogen (secondary N) is 2. The summed E-state index contributed by atoms with van der Waals surface area (Å²) in [6.07, 6.45) is -0.216. The van der Waals surface area contributed by atoms with Gasteiger partial charge in [0.05, 0.1) is 40.4 Å². The molecule has 6 N–H and O–H groups in total. The fraction of sp³-hybridized carbons (Fsp3) is 0.636. The summed E-state index contributed by atoms with van der Waals surface area (Å²) in [6.45, 7) is -2.91. The second kappa shape index (κ2) is 19.2. The third-order valence-corrected chi connectivity index (χ3v) is 4.92. The predicted molar refractivity (Wildman–Crippen MR) is 130 cm³/mol. The second-order valence-electron chi connectivity index (χ2n) is 7.87. The van der Waals surface area contributed by atoms with E-state index in [0.717, 1.165) is 24.0 Å². The summed E-state index contributed by atoms with van der Waals surface area (Å²) in [4.78, 5) is 96.9. The lowest BCUT2D eigenvalue weighted by atomic mass is 10.1. The number of Topliss-reactive ketones (excluding diaryl/α,β-unsaturated/α-hetero) is 2. The molecule has 0 aromatic heterocycles. The van der Waals surface area contributed by atoms with Gasteiger partial charge < -0.3 is 41.4 Å². The van der Waals surface area contributed by atoms with Crippen molar-refractivity contribution in [2.45, 2.75) is 25.7 Å². The molecule has 16 heteroatoms. The molecule has 0 saturated heterocycles. The van der Waals surface area contributed by atoms with E-state index in [1.165, 1.54) is 0 Å². The van der Waals surface area contributed by atoms with Gasteiger partial charge in [0.25, 0.3) is 0 Å². The maximum Gasteiger partial charge on any atom is 0.325 e. The normalized spacial score (nSPS) is 10.1. The van der Waals surface area contributed by atoms with Crippen LogP contribution in [0, 0.1) is 0 Å². The first kappa shape index (κ1) is 34.1. The van der Waals surface area contributed by atoms with Crippen molar-refractivity contribution >= 4 is 47.1 Å². The van der Waals surface area contributed by atoms with Gasteiger partial charge in [-0.05, 0) is 6.42 Å². The number of esters is 2. The van der Waals surface area contributed by atoms with Crippen molar-refractivity contribution in [3.8, 4) is 0 Å². The number of ether oxygens (including phenoxy) is 2. The van der Waals surface area contributed by atoms with Crippen LogP contribution in [-0.2, 0) is 47.8 Å². The van der Waals surface area contributed by atoms with Crippen LogP contribution in [0.5, 0.6) is 0 Å². The molecule has 38 heavy (non-hydrogen) atoms. The molecule has 214 valence electrons. The molecular formula is C22H36N6O10. The summed E-state index contributed by atoms with van der Waals surface area (Å²) < 4.78 is 9.04. The van der Waals surface area contributed by atoms with E-state index in [9.17, 15) is 38.4 Å². The minimum atomic E-state index is -0.777. The highest BCUT2D eigenvalue weighted by Crippen LogP contribution is 2.03. The average molecular weight is 545 g/mol. The predicted octanol–water partition coefficient (Wildman–Crippen LogP) is -4.16. The summed E-state index contributed by atoms with van der Waals surface area (Å²) in [5.41, 5.74) is 10.4. The van der Waals surface area contributed by atoms with Crippen molar-refractivity contribution in [3.05, 3.63) is 0 Å². The quantitative estimate of drug-likeness (QED) is 0.0895. The Hall–Kier alpha value is -3.92. The van der Waals surface area contributed by atoms with Crippen LogP contribution < -0.4 is 22.1 Å². The maximum atomic E-state index is 12.3. The van der Waals surface area contributed by atoms with Crippen LogP contribution in [0.3, 0.4) is 0 Å². The number of carbonyl (C=O) groups excluding carboxylic acids is 8. The van der Waals surface area contributed by atoms with Gasteiger partial charge in [0.2, 0.25) is 23.6 Å². The van der Waals surface area contributed by atoms with Crippen molar-refractivity contribution in [1.29, 1.82) is 0 Å². The summed E-state index contributed by atoms with van der Waals surface area (Å²) in [7, 11) is 2.24. The van der Waals surface area contributed by atoms with Crippen LogP contribution >= 0.6 is 0 Å². The van der Waals surface area contributed by atoms with Crippen molar-refractivity contribution in [2.75, 3.05) is 66.6 Å². The zero-order valence-electron chi connectivity index (χ0n) is 21.6. The van der Waals surface area contributed by atoms with Gasteiger partial charge in [-0.25, -0.2) is 0 Å². The molecule has 4 amide bonds. The molecular weight excluding hydrogens is 508 g/mol. The van der Waals surface area contributed by atoms with E-state index in [0.29, 0.717) is 0 Å². The van der Waals surface area contributed by atoms with E-state index >= 15 is 0 Å². The highest BCUT2D eigenvalue weighted by atomic mass is 16.5. The SMILES string of the molecule is COC(=O)CN(CC(=O)CCCNC(=O)CN(CC(=O)OC)C(=O)CNC(=O)CN)C(=O)CCC(=O)CN. The lowest BCUT2D eigenvalue weighted by Crippen LogP contribution is -2.48. The fourth-order valence-corrected chi connectivity index (χ4v) is 2.80. The molecule has 0 atom stereocenters. The first-order chi connectivity index (χ1) is 18.0. The minimum Gasteiger partial charge on any atom is -0.468 e. The molecule has 0 aliphatic heterocycles. The van der Waals surface area contributed by atoms with Crippen molar-refractivity contribution in [3.63, 3.8) is 0 Å². The second-order valence-corrected chi connectivity index (χ2v) is 7.87. The average Bonchev–Trinajstić information content (AvgIpc) is 2.90. The molecule has 16 nitrogen and oxygen atoms in total. The lowest BCUT2D eigenvalue weighted by molar-refractivity contribution is -0.148. The Bertz CT molecular complexity index is 809. The number of nitrogens with two attached hydrogens (primary N) is 2. The van der Waals surface area contributed by atoms with Crippen LogP contribution in [-0.4, -0.2) is 124 Å². The minimum absolute atomic E-state index is 0.0324. The molecule has 0 aromatic carbocycles. The van der Waals surface area contributed by atoms with Gasteiger partial charge in [0, 0.05) is 25.8 Å². The summed E-state index contributed by atoms with van der Waals surface area (Å²) in [5.74, 6) is -4.79. The molecule has 0 unspecified atom stereocenters. The van der Waals surface area contributed by atoms with E-state index in [1.54, 1.807) is 0 Å². The summed E-state index contributed by atoms with van der Waals surface area (Å²) in [5, 5.41) is 4.74. The molecule has 0 spiro atoms. The third-order valence-electron chi connectivity index (χ3n) is 4.92. The number of methoxy groups -OCH3 is 2. The molecule has 0 rings (SSSR count). The lowest BCUT2D eigenvalue weighted by Gasteiger charge is -2.21. The van der Waals surface area contributed by atoms with Gasteiger partial charge >= 0.3 is 11.9 Å². The van der Waals surface area contributed by atoms with Crippen LogP contribution in [0.25, 0.3) is 0 Å².